The van der Waals surface area contributed by atoms with Crippen LogP contribution in [0.5, 0.6) is 0 Å². The van der Waals surface area contributed by atoms with Crippen molar-refractivity contribution in [2.45, 2.75) is 19.4 Å². The average Bonchev–Trinajstić information content (AvgIpc) is 3.22. The molecule has 5 rings (SSSR count). The maximum absolute atomic E-state index is 13.7. The van der Waals surface area contributed by atoms with Crippen LogP contribution in [-0.4, -0.2) is 17.4 Å². The number of fused-ring (bicyclic) bond motifs is 2. The zero-order valence-corrected chi connectivity index (χ0v) is 16.6. The molecule has 2 nitrogen and oxygen atoms in total. The number of carbonyl (C=O) groups is 1. The van der Waals surface area contributed by atoms with E-state index in [1.54, 1.807) is 11.3 Å². The molecule has 0 bridgehead atoms. The summed E-state index contributed by atoms with van der Waals surface area (Å²) in [6.07, 6.45) is 0.922. The van der Waals surface area contributed by atoms with E-state index in [9.17, 15) is 4.79 Å². The Morgan fingerprint density at radius 1 is 0.964 bits per heavy atom. The van der Waals surface area contributed by atoms with Gasteiger partial charge >= 0.3 is 0 Å². The Bertz CT molecular complexity index is 1150. The molecule has 0 saturated heterocycles. The van der Waals surface area contributed by atoms with Crippen LogP contribution in [0.25, 0.3) is 10.8 Å². The zero-order valence-electron chi connectivity index (χ0n) is 15.8. The summed E-state index contributed by atoms with van der Waals surface area (Å²) in [5.41, 5.74) is 4.47. The topological polar surface area (TPSA) is 20.3 Å². The molecule has 4 aromatic rings. The van der Waals surface area contributed by atoms with Gasteiger partial charge in [0.2, 0.25) is 0 Å². The Labute approximate surface area is 169 Å². The van der Waals surface area contributed by atoms with Gasteiger partial charge in [-0.1, -0.05) is 66.2 Å². The fourth-order valence-corrected chi connectivity index (χ4v) is 5.11. The monoisotopic (exact) mass is 383 g/mol. The van der Waals surface area contributed by atoms with Crippen LogP contribution in [0.1, 0.15) is 38.0 Å². The number of amides is 1. The number of nitrogens with zero attached hydrogens (tertiary/aromatic N) is 1. The summed E-state index contributed by atoms with van der Waals surface area (Å²) < 4.78 is 0. The minimum absolute atomic E-state index is 0.0259. The molecule has 0 saturated carbocycles. The number of hydrogen-bond donors (Lipinski definition) is 0. The fraction of sp³-hybridized carbons (Fsp3) is 0.160. The second kappa shape index (κ2) is 6.92. The van der Waals surface area contributed by atoms with E-state index in [2.05, 4.69) is 59.7 Å². The van der Waals surface area contributed by atoms with Crippen LogP contribution in [0.4, 0.5) is 0 Å². The van der Waals surface area contributed by atoms with Crippen molar-refractivity contribution in [1.29, 1.82) is 0 Å². The number of thiophene rings is 1. The number of rotatable bonds is 2. The van der Waals surface area contributed by atoms with Crippen LogP contribution >= 0.6 is 11.3 Å². The highest BCUT2D eigenvalue weighted by atomic mass is 32.1. The maximum atomic E-state index is 13.7. The molecular formula is C25H21NOS. The summed E-state index contributed by atoms with van der Waals surface area (Å²) in [5.74, 6) is 0.110. The molecule has 0 N–H and O–H groups in total. The van der Waals surface area contributed by atoms with Crippen LogP contribution in [0.2, 0.25) is 0 Å². The molecule has 2 heterocycles. The molecule has 1 atom stereocenters. The van der Waals surface area contributed by atoms with Gasteiger partial charge in [-0.25, -0.2) is 0 Å². The Hall–Kier alpha value is -2.91. The van der Waals surface area contributed by atoms with Crippen LogP contribution in [0, 0.1) is 6.92 Å². The predicted molar refractivity (Wildman–Crippen MR) is 116 cm³/mol. The minimum Gasteiger partial charge on any atom is -0.327 e. The summed E-state index contributed by atoms with van der Waals surface area (Å²) in [7, 11) is 0. The average molecular weight is 384 g/mol. The Kier molecular flexibility index (Phi) is 4.25. The standard InChI is InChI=1S/C25H21NOS/c1-17-9-11-19(12-10-17)24-22-14-16-28-23(22)13-15-26(24)25(27)21-8-4-6-18-5-2-3-7-20(18)21/h2-12,14,16,24H,13,15H2,1H3. The molecule has 3 aromatic carbocycles. The lowest BCUT2D eigenvalue weighted by Gasteiger charge is -2.36. The van der Waals surface area contributed by atoms with Gasteiger partial charge in [0.05, 0.1) is 6.04 Å². The van der Waals surface area contributed by atoms with Gasteiger partial charge in [0.25, 0.3) is 5.91 Å². The van der Waals surface area contributed by atoms with Crippen molar-refractivity contribution in [1.82, 2.24) is 4.90 Å². The van der Waals surface area contributed by atoms with E-state index in [0.717, 1.165) is 29.3 Å². The first-order chi connectivity index (χ1) is 13.7. The number of hydrogen-bond acceptors (Lipinski definition) is 2. The van der Waals surface area contributed by atoms with E-state index in [0.29, 0.717) is 0 Å². The predicted octanol–water partition coefficient (Wildman–Crippen LogP) is 6.00. The van der Waals surface area contributed by atoms with E-state index in [-0.39, 0.29) is 11.9 Å². The molecule has 138 valence electrons. The first-order valence-corrected chi connectivity index (χ1v) is 10.5. The molecule has 1 aliphatic heterocycles. The molecule has 1 aromatic heterocycles. The molecule has 0 aliphatic carbocycles. The Balaban J connectivity index is 1.63. The second-order valence-corrected chi connectivity index (χ2v) is 8.39. The van der Waals surface area contributed by atoms with Gasteiger partial charge in [0, 0.05) is 17.0 Å². The molecule has 0 spiro atoms. The Morgan fingerprint density at radius 2 is 1.75 bits per heavy atom. The fourth-order valence-electron chi connectivity index (χ4n) is 4.21. The van der Waals surface area contributed by atoms with E-state index >= 15 is 0 Å². The summed E-state index contributed by atoms with van der Waals surface area (Å²) in [6, 6.07) is 24.9. The minimum atomic E-state index is -0.0259. The summed E-state index contributed by atoms with van der Waals surface area (Å²) >= 11 is 1.80. The second-order valence-electron chi connectivity index (χ2n) is 7.39. The molecule has 1 amide bonds. The summed E-state index contributed by atoms with van der Waals surface area (Å²) in [4.78, 5) is 17.2. The van der Waals surface area contributed by atoms with Crippen molar-refractivity contribution in [3.8, 4) is 0 Å². The summed E-state index contributed by atoms with van der Waals surface area (Å²) in [6.45, 7) is 2.84. The van der Waals surface area contributed by atoms with E-state index < -0.39 is 0 Å². The van der Waals surface area contributed by atoms with Crippen molar-refractivity contribution in [3.63, 3.8) is 0 Å². The molecule has 1 unspecified atom stereocenters. The quantitative estimate of drug-likeness (QED) is 0.416. The smallest absolute Gasteiger partial charge is 0.255 e. The molecule has 0 radical (unpaired) electrons. The van der Waals surface area contributed by atoms with Gasteiger partial charge in [0.1, 0.15) is 0 Å². The van der Waals surface area contributed by atoms with Gasteiger partial charge in [0.15, 0.2) is 0 Å². The van der Waals surface area contributed by atoms with Crippen LogP contribution < -0.4 is 0 Å². The van der Waals surface area contributed by atoms with E-state index in [1.807, 2.05) is 30.3 Å². The third-order valence-corrected chi connectivity index (χ3v) is 6.64. The number of benzene rings is 3. The lowest BCUT2D eigenvalue weighted by atomic mass is 9.91. The molecule has 1 aliphatic rings. The normalized spacial score (nSPS) is 16.2. The SMILES string of the molecule is Cc1ccc(C2c3ccsc3CCN2C(=O)c2cccc3ccccc23)cc1. The van der Waals surface area contributed by atoms with E-state index in [4.69, 9.17) is 0 Å². The first-order valence-electron chi connectivity index (χ1n) is 9.64. The van der Waals surface area contributed by atoms with Crippen LogP contribution in [0.3, 0.4) is 0 Å². The van der Waals surface area contributed by atoms with Gasteiger partial charge < -0.3 is 4.90 Å². The van der Waals surface area contributed by atoms with Gasteiger partial charge in [-0.15, -0.1) is 11.3 Å². The lowest BCUT2D eigenvalue weighted by Crippen LogP contribution is -2.40. The lowest BCUT2D eigenvalue weighted by molar-refractivity contribution is 0.0698. The summed E-state index contributed by atoms with van der Waals surface area (Å²) in [5, 5.41) is 4.28. The largest absolute Gasteiger partial charge is 0.327 e. The van der Waals surface area contributed by atoms with Gasteiger partial charge in [-0.05, 0) is 52.8 Å². The molecule has 3 heteroatoms. The van der Waals surface area contributed by atoms with Crippen LogP contribution in [-0.2, 0) is 6.42 Å². The number of carbonyl (C=O) groups excluding carboxylic acids is 1. The maximum Gasteiger partial charge on any atom is 0.255 e. The van der Waals surface area contributed by atoms with Gasteiger partial charge in [-0.2, -0.15) is 0 Å². The van der Waals surface area contributed by atoms with Crippen molar-refractivity contribution >= 4 is 28.0 Å². The first kappa shape index (κ1) is 17.2. The van der Waals surface area contributed by atoms with Crippen LogP contribution in [0.15, 0.2) is 78.2 Å². The van der Waals surface area contributed by atoms with Crippen molar-refractivity contribution < 1.29 is 4.79 Å². The van der Waals surface area contributed by atoms with Crippen molar-refractivity contribution in [2.24, 2.45) is 0 Å². The van der Waals surface area contributed by atoms with E-state index in [1.165, 1.54) is 21.6 Å². The third kappa shape index (κ3) is 2.83. The molecule has 0 fully saturated rings. The molecular weight excluding hydrogens is 362 g/mol. The van der Waals surface area contributed by atoms with Crippen molar-refractivity contribution in [2.75, 3.05) is 6.54 Å². The van der Waals surface area contributed by atoms with Gasteiger partial charge in [-0.3, -0.25) is 4.79 Å². The highest BCUT2D eigenvalue weighted by Gasteiger charge is 2.33. The third-order valence-electron chi connectivity index (χ3n) is 5.64. The zero-order chi connectivity index (χ0) is 19.1. The highest BCUT2D eigenvalue weighted by Crippen LogP contribution is 2.39. The molecule has 28 heavy (non-hydrogen) atoms. The van der Waals surface area contributed by atoms with Crippen molar-refractivity contribution in [3.05, 3.63) is 105 Å². The highest BCUT2D eigenvalue weighted by molar-refractivity contribution is 7.10. The number of aryl methyl sites for hydroxylation is 1. The Morgan fingerprint density at radius 3 is 2.61 bits per heavy atom.